The number of carbonyl (C=O) groups is 2. The maximum Gasteiger partial charge on any atom is 0.243 e. The van der Waals surface area contributed by atoms with Gasteiger partial charge in [-0.1, -0.05) is 54.6 Å². The molecule has 0 radical (unpaired) electrons. The van der Waals surface area contributed by atoms with E-state index in [-0.39, 0.29) is 17.2 Å². The summed E-state index contributed by atoms with van der Waals surface area (Å²) in [6.45, 7) is 1.04. The number of para-hydroxylation sites is 2. The third kappa shape index (κ3) is 5.64. The Morgan fingerprint density at radius 1 is 0.971 bits per heavy atom. The minimum absolute atomic E-state index is 0.0101. The van der Waals surface area contributed by atoms with Crippen LogP contribution in [0.25, 0.3) is 11.0 Å². The first-order valence-electron chi connectivity index (χ1n) is 11.1. The highest BCUT2D eigenvalue weighted by atomic mass is 32.2. The van der Waals surface area contributed by atoms with Gasteiger partial charge in [0, 0.05) is 12.6 Å². The van der Waals surface area contributed by atoms with Crippen molar-refractivity contribution in [1.82, 2.24) is 19.6 Å². The molecule has 0 spiro atoms. The Morgan fingerprint density at radius 3 is 2.29 bits per heavy atom. The number of nitrogens with one attached hydrogen (secondary N) is 2. The van der Waals surface area contributed by atoms with Crippen molar-refractivity contribution in [3.05, 3.63) is 95.8 Å². The molecule has 0 aliphatic heterocycles. The van der Waals surface area contributed by atoms with Crippen molar-refractivity contribution in [3.63, 3.8) is 0 Å². The zero-order chi connectivity index (χ0) is 25.0. The van der Waals surface area contributed by atoms with Crippen LogP contribution in [-0.4, -0.2) is 48.0 Å². The average molecular weight is 491 g/mol. The van der Waals surface area contributed by atoms with Crippen molar-refractivity contribution >= 4 is 32.7 Å². The van der Waals surface area contributed by atoms with Crippen LogP contribution in [0.3, 0.4) is 0 Å². The van der Waals surface area contributed by atoms with Crippen LogP contribution in [0.1, 0.15) is 34.7 Å². The van der Waals surface area contributed by atoms with Crippen molar-refractivity contribution in [3.8, 4) is 0 Å². The molecule has 3 aromatic carbocycles. The zero-order valence-electron chi connectivity index (χ0n) is 19.4. The number of aromatic amines is 1. The average Bonchev–Trinajstić information content (AvgIpc) is 3.28. The Balaban J connectivity index is 1.52. The Labute approximate surface area is 204 Å². The molecule has 1 atom stereocenters. The van der Waals surface area contributed by atoms with Crippen LogP contribution >= 0.6 is 0 Å². The summed E-state index contributed by atoms with van der Waals surface area (Å²) < 4.78 is 26.9. The summed E-state index contributed by atoms with van der Waals surface area (Å²) in [7, 11) is -2.57. The molecule has 180 valence electrons. The number of rotatable bonds is 9. The number of sulfonamides is 1. The monoisotopic (exact) mass is 490 g/mol. The quantitative estimate of drug-likeness (QED) is 0.349. The minimum atomic E-state index is -3.92. The van der Waals surface area contributed by atoms with Gasteiger partial charge in [-0.3, -0.25) is 9.59 Å². The normalized spacial score (nSPS) is 12.5. The lowest BCUT2D eigenvalue weighted by Gasteiger charge is -2.21. The molecule has 2 N–H and O–H groups in total. The van der Waals surface area contributed by atoms with Crippen LogP contribution in [0.5, 0.6) is 0 Å². The van der Waals surface area contributed by atoms with E-state index >= 15 is 0 Å². The van der Waals surface area contributed by atoms with Crippen LogP contribution in [0.2, 0.25) is 0 Å². The van der Waals surface area contributed by atoms with Gasteiger partial charge in [-0.15, -0.1) is 0 Å². The number of nitrogens with zero attached hydrogens (tertiary/aromatic N) is 2. The smallest absolute Gasteiger partial charge is 0.243 e. The molecular weight excluding hydrogens is 464 g/mol. The maximum atomic E-state index is 13.0. The van der Waals surface area contributed by atoms with E-state index in [4.69, 9.17) is 0 Å². The first-order chi connectivity index (χ1) is 16.7. The van der Waals surface area contributed by atoms with Crippen LogP contribution in [-0.2, 0) is 21.2 Å². The number of H-pyrrole nitrogens is 1. The van der Waals surface area contributed by atoms with Gasteiger partial charge in [-0.2, -0.15) is 4.31 Å². The number of imidazole rings is 1. The molecule has 1 amide bonds. The van der Waals surface area contributed by atoms with E-state index in [1.54, 1.807) is 0 Å². The van der Waals surface area contributed by atoms with Gasteiger partial charge in [-0.25, -0.2) is 13.4 Å². The first kappa shape index (κ1) is 24.3. The van der Waals surface area contributed by atoms with E-state index in [1.165, 1.54) is 38.2 Å². The molecule has 35 heavy (non-hydrogen) atoms. The molecule has 0 aliphatic rings. The van der Waals surface area contributed by atoms with Crippen molar-refractivity contribution in [2.75, 3.05) is 13.6 Å². The fourth-order valence-electron chi connectivity index (χ4n) is 3.77. The lowest BCUT2D eigenvalue weighted by atomic mass is 10.1. The Morgan fingerprint density at radius 2 is 1.63 bits per heavy atom. The molecule has 0 bridgehead atoms. The summed E-state index contributed by atoms with van der Waals surface area (Å²) in [5.41, 5.74) is 3.05. The maximum absolute atomic E-state index is 13.0. The predicted molar refractivity (Wildman–Crippen MR) is 133 cm³/mol. The van der Waals surface area contributed by atoms with Crippen molar-refractivity contribution in [1.29, 1.82) is 0 Å². The van der Waals surface area contributed by atoms with Gasteiger partial charge < -0.3 is 10.3 Å². The molecule has 1 heterocycles. The molecule has 9 heteroatoms. The number of carbonyl (C=O) groups excluding carboxylic acids is 2. The van der Waals surface area contributed by atoms with Crippen LogP contribution in [0.15, 0.2) is 83.8 Å². The molecule has 0 saturated carbocycles. The van der Waals surface area contributed by atoms with E-state index in [0.29, 0.717) is 17.8 Å². The van der Waals surface area contributed by atoms with Crippen molar-refractivity contribution < 1.29 is 18.0 Å². The van der Waals surface area contributed by atoms with Crippen molar-refractivity contribution in [2.24, 2.45) is 0 Å². The number of aromatic nitrogens is 2. The van der Waals surface area contributed by atoms with Crippen LogP contribution in [0.4, 0.5) is 0 Å². The van der Waals surface area contributed by atoms with Gasteiger partial charge in [-0.05, 0) is 43.2 Å². The molecular formula is C26H26N4O4S. The van der Waals surface area contributed by atoms with E-state index in [1.807, 2.05) is 54.6 Å². The third-order valence-corrected chi connectivity index (χ3v) is 7.51. The minimum Gasteiger partial charge on any atom is -0.345 e. The number of Topliss-reactive ketones (excluding diaryl/α,β-unsaturated/α-hetero) is 1. The number of benzene rings is 3. The zero-order valence-corrected chi connectivity index (χ0v) is 20.2. The molecule has 0 unspecified atom stereocenters. The van der Waals surface area contributed by atoms with Crippen LogP contribution in [0, 0.1) is 0 Å². The molecule has 0 fully saturated rings. The lowest BCUT2D eigenvalue weighted by Crippen LogP contribution is -2.40. The Kier molecular flexibility index (Phi) is 7.09. The first-order valence-corrected chi connectivity index (χ1v) is 12.5. The number of hydrogen-bond donors (Lipinski definition) is 2. The van der Waals surface area contributed by atoms with Gasteiger partial charge in [0.25, 0.3) is 0 Å². The summed E-state index contributed by atoms with van der Waals surface area (Å²) in [5, 5.41) is 2.94. The number of fused-ring (bicyclic) bond motifs is 1. The third-order valence-electron chi connectivity index (χ3n) is 5.69. The van der Waals surface area contributed by atoms with E-state index in [9.17, 15) is 18.0 Å². The fraction of sp³-hybridized carbons (Fsp3) is 0.192. The molecule has 1 aromatic heterocycles. The second kappa shape index (κ2) is 10.2. The summed E-state index contributed by atoms with van der Waals surface area (Å²) in [4.78, 5) is 32.3. The summed E-state index contributed by atoms with van der Waals surface area (Å²) in [6, 6.07) is 22.4. The van der Waals surface area contributed by atoms with Gasteiger partial charge in [0.15, 0.2) is 5.78 Å². The molecule has 8 nitrogen and oxygen atoms in total. The largest absolute Gasteiger partial charge is 0.345 e. The van der Waals surface area contributed by atoms with Gasteiger partial charge in [0.2, 0.25) is 15.9 Å². The second-order valence-corrected chi connectivity index (χ2v) is 10.3. The number of ketones is 1. The number of amides is 1. The number of likely N-dealkylation sites (N-methyl/N-ethyl adjacent to an activating group) is 1. The summed E-state index contributed by atoms with van der Waals surface area (Å²) in [5.74, 6) is -0.0247. The van der Waals surface area contributed by atoms with E-state index < -0.39 is 22.0 Å². The lowest BCUT2D eigenvalue weighted by molar-refractivity contribution is -0.121. The standard InChI is InChI=1S/C26H26N4O4S/c1-18(31)20-12-14-21(15-13-20)35(33,34)30(2)17-25(32)27-24(16-19-8-4-3-5-9-19)26-28-22-10-6-7-11-23(22)29-26/h3-15,24H,16-17H2,1-2H3,(H,27,32)(H,28,29)/t24-/m0/s1. The summed E-state index contributed by atoms with van der Waals surface area (Å²) >= 11 is 0. The molecule has 0 aliphatic carbocycles. The van der Waals surface area contributed by atoms with Gasteiger partial charge in [0.1, 0.15) is 5.82 Å². The molecule has 4 aromatic rings. The highest BCUT2D eigenvalue weighted by Crippen LogP contribution is 2.21. The fourth-order valence-corrected chi connectivity index (χ4v) is 4.90. The molecule has 4 rings (SSSR count). The highest BCUT2D eigenvalue weighted by Gasteiger charge is 2.25. The van der Waals surface area contributed by atoms with E-state index in [2.05, 4.69) is 15.3 Å². The Bertz CT molecular complexity index is 1410. The Hall–Kier alpha value is -3.82. The SMILES string of the molecule is CC(=O)c1ccc(S(=O)(=O)N(C)CC(=O)N[C@@H](Cc2ccccc2)c2nc3ccccc3[nH]2)cc1. The van der Waals surface area contributed by atoms with E-state index in [0.717, 1.165) is 20.9 Å². The molecule has 0 saturated heterocycles. The summed E-state index contributed by atoms with van der Waals surface area (Å²) in [6.07, 6.45) is 0.482. The van der Waals surface area contributed by atoms with Crippen LogP contribution < -0.4 is 5.32 Å². The second-order valence-electron chi connectivity index (χ2n) is 8.29. The van der Waals surface area contributed by atoms with Gasteiger partial charge >= 0.3 is 0 Å². The predicted octanol–water partition coefficient (Wildman–Crippen LogP) is 3.49. The topological polar surface area (TPSA) is 112 Å². The highest BCUT2D eigenvalue weighted by molar-refractivity contribution is 7.89. The number of hydrogen-bond acceptors (Lipinski definition) is 5. The van der Waals surface area contributed by atoms with Crippen molar-refractivity contribution in [2.45, 2.75) is 24.3 Å². The van der Waals surface area contributed by atoms with Gasteiger partial charge in [0.05, 0.1) is 28.5 Å².